The molecule has 3 N–H and O–H groups in total. The van der Waals surface area contributed by atoms with E-state index in [2.05, 4.69) is 20.9 Å². The lowest BCUT2D eigenvalue weighted by Crippen LogP contribution is -2.43. The Bertz CT molecular complexity index is 821. The van der Waals surface area contributed by atoms with E-state index in [1.165, 1.54) is 12.1 Å². The molecular formula is C19H21FN4O2. The lowest BCUT2D eigenvalue weighted by atomic mass is 10.0. The van der Waals surface area contributed by atoms with Crippen LogP contribution in [0.3, 0.4) is 0 Å². The number of pyridine rings is 1. The lowest BCUT2D eigenvalue weighted by molar-refractivity contribution is -0.118. The molecule has 4 rings (SSSR count). The molecule has 2 aliphatic heterocycles. The average Bonchev–Trinajstić information content (AvgIpc) is 3.14. The van der Waals surface area contributed by atoms with Gasteiger partial charge in [-0.3, -0.25) is 4.79 Å². The predicted octanol–water partition coefficient (Wildman–Crippen LogP) is 3.06. The number of carbonyl (C=O) groups excluding carboxylic acids is 1. The second-order valence-electron chi connectivity index (χ2n) is 6.55. The van der Waals surface area contributed by atoms with Gasteiger partial charge >= 0.3 is 0 Å². The van der Waals surface area contributed by atoms with E-state index in [0.29, 0.717) is 11.4 Å². The summed E-state index contributed by atoms with van der Waals surface area (Å²) in [5.41, 5.74) is 1.38. The Balaban J connectivity index is 1.46. The number of fused-ring (bicyclic) bond motifs is 1. The molecule has 0 bridgehead atoms. The first-order valence-corrected chi connectivity index (χ1v) is 8.94. The Hall–Kier alpha value is -2.67. The number of nitrogens with one attached hydrogen (secondary N) is 3. The molecule has 1 saturated heterocycles. The fraction of sp³-hybridized carbons (Fsp3) is 0.368. The van der Waals surface area contributed by atoms with Gasteiger partial charge in [0.2, 0.25) is 5.91 Å². The van der Waals surface area contributed by atoms with Gasteiger partial charge in [0, 0.05) is 30.1 Å². The van der Waals surface area contributed by atoms with Crippen molar-refractivity contribution in [1.29, 1.82) is 0 Å². The summed E-state index contributed by atoms with van der Waals surface area (Å²) in [5, 5.41) is 9.11. The second kappa shape index (κ2) is 7.29. The fourth-order valence-corrected chi connectivity index (χ4v) is 3.35. The zero-order valence-corrected chi connectivity index (χ0v) is 14.3. The van der Waals surface area contributed by atoms with Crippen LogP contribution in [0.5, 0.6) is 11.5 Å². The van der Waals surface area contributed by atoms with E-state index in [4.69, 9.17) is 4.74 Å². The van der Waals surface area contributed by atoms with Gasteiger partial charge in [0.15, 0.2) is 11.6 Å². The smallest absolute Gasteiger partial charge is 0.241 e. The maximum Gasteiger partial charge on any atom is 0.241 e. The van der Waals surface area contributed by atoms with Gasteiger partial charge in [0.25, 0.3) is 0 Å². The molecule has 6 nitrogen and oxygen atoms in total. The summed E-state index contributed by atoms with van der Waals surface area (Å²) in [6.45, 7) is 1.63. The summed E-state index contributed by atoms with van der Waals surface area (Å²) in [5.74, 6) is 0.861. The lowest BCUT2D eigenvalue weighted by Gasteiger charge is -2.22. The summed E-state index contributed by atoms with van der Waals surface area (Å²) in [6.07, 6.45) is 5.34. The molecule has 7 heteroatoms. The quantitative estimate of drug-likeness (QED) is 0.785. The van der Waals surface area contributed by atoms with E-state index in [1.807, 2.05) is 0 Å². The SMILES string of the molecule is O=C(Nc1ccc(Oc2ccnc3c2CCN3)c(F)c1)C1CCCCN1. The minimum Gasteiger partial charge on any atom is -0.454 e. The number of aromatic nitrogens is 1. The molecule has 1 atom stereocenters. The predicted molar refractivity (Wildman–Crippen MR) is 97.2 cm³/mol. The maximum atomic E-state index is 14.5. The van der Waals surface area contributed by atoms with Gasteiger partial charge in [-0.05, 0) is 44.0 Å². The number of rotatable bonds is 4. The first-order chi connectivity index (χ1) is 12.7. The molecule has 26 heavy (non-hydrogen) atoms. The molecule has 0 saturated carbocycles. The van der Waals surface area contributed by atoms with E-state index in [1.54, 1.807) is 18.3 Å². The fourth-order valence-electron chi connectivity index (χ4n) is 3.35. The standard InChI is InChI=1S/C19H21FN4O2/c20-14-11-12(24-19(25)15-3-1-2-8-21-15)4-5-17(14)26-16-7-10-23-18-13(16)6-9-22-18/h4-5,7,10-11,15,21H,1-3,6,8-9H2,(H,22,23)(H,24,25). The molecule has 1 aromatic heterocycles. The Morgan fingerprint density at radius 2 is 2.15 bits per heavy atom. The summed E-state index contributed by atoms with van der Waals surface area (Å²) in [7, 11) is 0. The van der Waals surface area contributed by atoms with Crippen LogP contribution < -0.4 is 20.7 Å². The van der Waals surface area contributed by atoms with E-state index in [9.17, 15) is 9.18 Å². The maximum absolute atomic E-state index is 14.5. The number of hydrogen-bond acceptors (Lipinski definition) is 5. The number of carbonyl (C=O) groups is 1. The topological polar surface area (TPSA) is 75.3 Å². The Kier molecular flexibility index (Phi) is 4.71. The molecule has 0 aliphatic carbocycles. The Morgan fingerprint density at radius 1 is 1.23 bits per heavy atom. The van der Waals surface area contributed by atoms with Gasteiger partial charge in [0.1, 0.15) is 11.6 Å². The largest absolute Gasteiger partial charge is 0.454 e. The third-order valence-electron chi connectivity index (χ3n) is 4.73. The monoisotopic (exact) mass is 356 g/mol. The molecule has 2 aliphatic rings. The molecule has 2 aromatic rings. The summed E-state index contributed by atoms with van der Waals surface area (Å²) in [4.78, 5) is 16.5. The minimum absolute atomic E-state index is 0.124. The third kappa shape index (κ3) is 3.48. The molecule has 3 heterocycles. The third-order valence-corrected chi connectivity index (χ3v) is 4.73. The van der Waals surface area contributed by atoms with Crippen molar-refractivity contribution >= 4 is 17.4 Å². The average molecular weight is 356 g/mol. The highest BCUT2D eigenvalue weighted by Gasteiger charge is 2.21. The van der Waals surface area contributed by atoms with Crippen molar-refractivity contribution in [2.24, 2.45) is 0 Å². The second-order valence-corrected chi connectivity index (χ2v) is 6.55. The van der Waals surface area contributed by atoms with E-state index < -0.39 is 5.82 Å². The molecule has 1 unspecified atom stereocenters. The molecule has 1 fully saturated rings. The van der Waals surface area contributed by atoms with E-state index in [-0.39, 0.29) is 17.7 Å². The number of ether oxygens (including phenoxy) is 1. The number of benzene rings is 1. The van der Waals surface area contributed by atoms with Crippen LogP contribution in [-0.4, -0.2) is 30.0 Å². The van der Waals surface area contributed by atoms with Crippen molar-refractivity contribution in [3.63, 3.8) is 0 Å². The zero-order chi connectivity index (χ0) is 17.9. The molecular weight excluding hydrogens is 335 g/mol. The van der Waals surface area contributed by atoms with Crippen molar-refractivity contribution in [1.82, 2.24) is 10.3 Å². The van der Waals surface area contributed by atoms with Gasteiger partial charge < -0.3 is 20.7 Å². The van der Waals surface area contributed by atoms with E-state index in [0.717, 1.165) is 50.2 Å². The summed E-state index contributed by atoms with van der Waals surface area (Å²) in [6, 6.07) is 5.99. The van der Waals surface area contributed by atoms with Crippen LogP contribution in [-0.2, 0) is 11.2 Å². The minimum atomic E-state index is -0.518. The highest BCUT2D eigenvalue weighted by Crippen LogP contribution is 2.34. The highest BCUT2D eigenvalue weighted by atomic mass is 19.1. The first kappa shape index (κ1) is 16.8. The molecule has 136 valence electrons. The number of hydrogen-bond donors (Lipinski definition) is 3. The van der Waals surface area contributed by atoms with Crippen molar-refractivity contribution in [2.75, 3.05) is 23.7 Å². The van der Waals surface area contributed by atoms with Crippen LogP contribution in [0, 0.1) is 5.82 Å². The van der Waals surface area contributed by atoms with Crippen LogP contribution in [0.2, 0.25) is 0 Å². The Morgan fingerprint density at radius 3 is 2.96 bits per heavy atom. The van der Waals surface area contributed by atoms with Crippen molar-refractivity contribution in [2.45, 2.75) is 31.7 Å². The van der Waals surface area contributed by atoms with Crippen LogP contribution in [0.4, 0.5) is 15.9 Å². The molecule has 1 aromatic carbocycles. The van der Waals surface area contributed by atoms with Crippen LogP contribution in [0.25, 0.3) is 0 Å². The van der Waals surface area contributed by atoms with E-state index >= 15 is 0 Å². The number of piperidine rings is 1. The van der Waals surface area contributed by atoms with Gasteiger partial charge in [-0.15, -0.1) is 0 Å². The molecule has 0 spiro atoms. The molecule has 0 radical (unpaired) electrons. The van der Waals surface area contributed by atoms with Crippen molar-refractivity contribution < 1.29 is 13.9 Å². The Labute approximate surface area is 151 Å². The van der Waals surface area contributed by atoms with Gasteiger partial charge in [-0.2, -0.15) is 0 Å². The number of halogens is 1. The van der Waals surface area contributed by atoms with Gasteiger partial charge in [0.05, 0.1) is 6.04 Å². The summed E-state index contributed by atoms with van der Waals surface area (Å²) < 4.78 is 20.2. The van der Waals surface area contributed by atoms with Crippen LogP contribution in [0.1, 0.15) is 24.8 Å². The summed E-state index contributed by atoms with van der Waals surface area (Å²) >= 11 is 0. The highest BCUT2D eigenvalue weighted by molar-refractivity contribution is 5.94. The van der Waals surface area contributed by atoms with Crippen molar-refractivity contribution in [3.05, 3.63) is 41.8 Å². The zero-order valence-electron chi connectivity index (χ0n) is 14.3. The number of nitrogens with zero attached hydrogens (tertiary/aromatic N) is 1. The van der Waals surface area contributed by atoms with Gasteiger partial charge in [-0.1, -0.05) is 6.42 Å². The number of anilines is 2. The first-order valence-electron chi connectivity index (χ1n) is 8.94. The van der Waals surface area contributed by atoms with Crippen molar-refractivity contribution in [3.8, 4) is 11.5 Å². The van der Waals surface area contributed by atoms with Crippen LogP contribution >= 0.6 is 0 Å². The molecule has 1 amide bonds. The van der Waals surface area contributed by atoms with Gasteiger partial charge in [-0.25, -0.2) is 9.37 Å². The normalized spacial score (nSPS) is 18.7. The number of amides is 1. The van der Waals surface area contributed by atoms with Crippen LogP contribution in [0.15, 0.2) is 30.5 Å².